The third kappa shape index (κ3) is 3.83. The van der Waals surface area contributed by atoms with Crippen LogP contribution in [-0.2, 0) is 6.54 Å². The summed E-state index contributed by atoms with van der Waals surface area (Å²) in [6.07, 6.45) is 0. The molecule has 25 heavy (non-hydrogen) atoms. The van der Waals surface area contributed by atoms with Crippen LogP contribution in [-0.4, -0.2) is 36.9 Å². The number of carbonyl (C=O) groups is 1. The van der Waals surface area contributed by atoms with Crippen LogP contribution in [0, 0.1) is 11.6 Å². The molecule has 0 N–H and O–H groups in total. The van der Waals surface area contributed by atoms with E-state index >= 15 is 0 Å². The van der Waals surface area contributed by atoms with Crippen molar-refractivity contribution in [1.29, 1.82) is 0 Å². The number of nitrogens with zero attached hydrogens (tertiary/aromatic N) is 2. The minimum absolute atomic E-state index is 0.132. The Morgan fingerprint density at radius 2 is 1.68 bits per heavy atom. The number of anilines is 1. The normalized spacial score (nSPS) is 15.4. The molecular formula is C19H19ClF2N2O. The van der Waals surface area contributed by atoms with Gasteiger partial charge >= 0.3 is 0 Å². The predicted octanol–water partition coefficient (Wildman–Crippen LogP) is 4.14. The molecule has 1 fully saturated rings. The lowest BCUT2D eigenvalue weighted by molar-refractivity contribution is 0.101. The summed E-state index contributed by atoms with van der Waals surface area (Å²) < 4.78 is 27.9. The average molecular weight is 365 g/mol. The maximum absolute atomic E-state index is 14.0. The number of carbonyl (C=O) groups excluding carboxylic acids is 1. The summed E-state index contributed by atoms with van der Waals surface area (Å²) in [5.74, 6) is -1.09. The Kier molecular flexibility index (Phi) is 5.35. The number of ketones is 1. The van der Waals surface area contributed by atoms with Crippen molar-refractivity contribution >= 4 is 23.1 Å². The third-order valence-electron chi connectivity index (χ3n) is 4.50. The minimum atomic E-state index is -0.495. The molecule has 3 rings (SSSR count). The first kappa shape index (κ1) is 17.8. The lowest BCUT2D eigenvalue weighted by Crippen LogP contribution is -2.46. The van der Waals surface area contributed by atoms with Gasteiger partial charge in [0.25, 0.3) is 0 Å². The highest BCUT2D eigenvalue weighted by Crippen LogP contribution is 2.26. The van der Waals surface area contributed by atoms with E-state index in [4.69, 9.17) is 11.6 Å². The van der Waals surface area contributed by atoms with Crippen LogP contribution in [0.25, 0.3) is 0 Å². The van der Waals surface area contributed by atoms with Crippen LogP contribution in [0.2, 0.25) is 5.02 Å². The van der Waals surface area contributed by atoms with Gasteiger partial charge in [-0.05, 0) is 31.2 Å². The van der Waals surface area contributed by atoms with Gasteiger partial charge in [-0.1, -0.05) is 23.7 Å². The highest BCUT2D eigenvalue weighted by atomic mass is 35.5. The van der Waals surface area contributed by atoms with Crippen molar-refractivity contribution in [3.8, 4) is 0 Å². The fourth-order valence-electron chi connectivity index (χ4n) is 3.18. The van der Waals surface area contributed by atoms with E-state index in [9.17, 15) is 13.6 Å². The van der Waals surface area contributed by atoms with Gasteiger partial charge < -0.3 is 4.90 Å². The monoisotopic (exact) mass is 364 g/mol. The second-order valence-electron chi connectivity index (χ2n) is 6.15. The molecule has 0 spiro atoms. The molecule has 1 heterocycles. The Balaban J connectivity index is 1.71. The average Bonchev–Trinajstić information content (AvgIpc) is 2.58. The summed E-state index contributed by atoms with van der Waals surface area (Å²) in [4.78, 5) is 15.9. The zero-order valence-electron chi connectivity index (χ0n) is 13.9. The Labute approximate surface area is 150 Å². The van der Waals surface area contributed by atoms with Crippen molar-refractivity contribution in [3.63, 3.8) is 0 Å². The summed E-state index contributed by atoms with van der Waals surface area (Å²) in [6.45, 7) is 4.43. The van der Waals surface area contributed by atoms with Crippen molar-refractivity contribution in [3.05, 3.63) is 64.2 Å². The molecule has 6 heteroatoms. The Hall–Kier alpha value is -1.98. The van der Waals surface area contributed by atoms with Crippen LogP contribution in [0.3, 0.4) is 0 Å². The van der Waals surface area contributed by atoms with Gasteiger partial charge in [-0.3, -0.25) is 9.69 Å². The van der Waals surface area contributed by atoms with Crippen molar-refractivity contribution in [2.24, 2.45) is 0 Å². The van der Waals surface area contributed by atoms with Crippen LogP contribution >= 0.6 is 11.6 Å². The van der Waals surface area contributed by atoms with Crippen molar-refractivity contribution in [1.82, 2.24) is 4.90 Å². The summed E-state index contributed by atoms with van der Waals surface area (Å²) in [6, 6.07) is 9.36. The summed E-state index contributed by atoms with van der Waals surface area (Å²) >= 11 is 6.09. The first-order chi connectivity index (χ1) is 12.0. The maximum atomic E-state index is 14.0. The number of halogens is 3. The van der Waals surface area contributed by atoms with E-state index in [-0.39, 0.29) is 17.2 Å². The standard InChI is InChI=1S/C19H19ClF2N2O/c1-13(25)19-17(22)6-3-7-18(19)24-10-8-23(9-11-24)12-14-15(20)4-2-5-16(14)21/h2-7H,8-12H2,1H3. The fourth-order valence-corrected chi connectivity index (χ4v) is 3.40. The molecule has 0 saturated carbocycles. The van der Waals surface area contributed by atoms with Gasteiger partial charge in [-0.25, -0.2) is 8.78 Å². The molecule has 2 aromatic rings. The first-order valence-corrected chi connectivity index (χ1v) is 8.55. The SMILES string of the molecule is CC(=O)c1c(F)cccc1N1CCN(Cc2c(F)cccc2Cl)CC1. The van der Waals surface area contributed by atoms with Crippen molar-refractivity contribution < 1.29 is 13.6 Å². The van der Waals surface area contributed by atoms with Gasteiger partial charge in [0.2, 0.25) is 0 Å². The Morgan fingerprint density at radius 1 is 1.04 bits per heavy atom. The van der Waals surface area contributed by atoms with Crippen LogP contribution in [0.1, 0.15) is 22.8 Å². The van der Waals surface area contributed by atoms with Crippen LogP contribution < -0.4 is 4.90 Å². The molecule has 1 aliphatic rings. The molecule has 0 amide bonds. The van der Waals surface area contributed by atoms with E-state index in [1.807, 2.05) is 4.90 Å². The third-order valence-corrected chi connectivity index (χ3v) is 4.85. The molecule has 0 aromatic heterocycles. The van der Waals surface area contributed by atoms with E-state index < -0.39 is 5.82 Å². The van der Waals surface area contributed by atoms with E-state index in [0.29, 0.717) is 49.0 Å². The van der Waals surface area contributed by atoms with Gasteiger partial charge in [0.05, 0.1) is 11.3 Å². The van der Waals surface area contributed by atoms with Gasteiger partial charge in [0.15, 0.2) is 5.78 Å². The molecule has 132 valence electrons. The molecular weight excluding hydrogens is 346 g/mol. The molecule has 3 nitrogen and oxygen atoms in total. The second kappa shape index (κ2) is 7.50. The van der Waals surface area contributed by atoms with E-state index in [1.165, 1.54) is 19.1 Å². The quantitative estimate of drug-likeness (QED) is 0.762. The lowest BCUT2D eigenvalue weighted by Gasteiger charge is -2.37. The van der Waals surface area contributed by atoms with Crippen LogP contribution in [0.15, 0.2) is 36.4 Å². The Morgan fingerprint density at radius 3 is 2.32 bits per heavy atom. The van der Waals surface area contributed by atoms with E-state index in [2.05, 4.69) is 4.90 Å². The molecule has 0 aliphatic carbocycles. The minimum Gasteiger partial charge on any atom is -0.368 e. The van der Waals surface area contributed by atoms with Crippen LogP contribution in [0.5, 0.6) is 0 Å². The zero-order chi connectivity index (χ0) is 18.0. The van der Waals surface area contributed by atoms with Crippen molar-refractivity contribution in [2.45, 2.75) is 13.5 Å². The molecule has 2 aromatic carbocycles. The first-order valence-electron chi connectivity index (χ1n) is 8.17. The predicted molar refractivity (Wildman–Crippen MR) is 95.3 cm³/mol. The van der Waals surface area contributed by atoms with Gasteiger partial charge in [-0.15, -0.1) is 0 Å². The fraction of sp³-hybridized carbons (Fsp3) is 0.316. The van der Waals surface area contributed by atoms with Gasteiger partial charge in [0, 0.05) is 43.3 Å². The molecule has 0 radical (unpaired) electrons. The van der Waals surface area contributed by atoms with E-state index in [1.54, 1.807) is 24.3 Å². The highest BCUT2D eigenvalue weighted by molar-refractivity contribution is 6.31. The molecule has 0 unspecified atom stereocenters. The molecule has 1 saturated heterocycles. The zero-order valence-corrected chi connectivity index (χ0v) is 14.7. The summed E-state index contributed by atoms with van der Waals surface area (Å²) in [7, 11) is 0. The molecule has 1 aliphatic heterocycles. The van der Waals surface area contributed by atoms with Crippen LogP contribution in [0.4, 0.5) is 14.5 Å². The largest absolute Gasteiger partial charge is 0.368 e. The lowest BCUT2D eigenvalue weighted by atomic mass is 10.1. The highest BCUT2D eigenvalue weighted by Gasteiger charge is 2.23. The smallest absolute Gasteiger partial charge is 0.164 e. The van der Waals surface area contributed by atoms with E-state index in [0.717, 1.165) is 0 Å². The molecule has 0 bridgehead atoms. The number of rotatable bonds is 4. The Bertz CT molecular complexity index is 769. The van der Waals surface area contributed by atoms with Gasteiger partial charge in [-0.2, -0.15) is 0 Å². The molecule has 0 atom stereocenters. The maximum Gasteiger partial charge on any atom is 0.164 e. The number of benzene rings is 2. The summed E-state index contributed by atoms with van der Waals surface area (Å²) in [5, 5.41) is 0.423. The van der Waals surface area contributed by atoms with Crippen molar-refractivity contribution in [2.75, 3.05) is 31.1 Å². The summed E-state index contributed by atoms with van der Waals surface area (Å²) in [5.41, 5.74) is 1.25. The topological polar surface area (TPSA) is 23.6 Å². The van der Waals surface area contributed by atoms with Gasteiger partial charge in [0.1, 0.15) is 11.6 Å². The number of Topliss-reactive ketones (excluding diaryl/α,β-unsaturated/α-hetero) is 1. The number of piperazine rings is 1. The second-order valence-corrected chi connectivity index (χ2v) is 6.56. The number of hydrogen-bond acceptors (Lipinski definition) is 3. The number of hydrogen-bond donors (Lipinski definition) is 0.